The predicted molar refractivity (Wildman–Crippen MR) is 105 cm³/mol. The van der Waals surface area contributed by atoms with E-state index in [2.05, 4.69) is 10.0 Å². The summed E-state index contributed by atoms with van der Waals surface area (Å²) in [5, 5.41) is 4.71. The lowest BCUT2D eigenvalue weighted by atomic mass is 10.2. The molecule has 3 rings (SSSR count). The van der Waals surface area contributed by atoms with E-state index in [0.717, 1.165) is 12.0 Å². The molecule has 1 aromatic heterocycles. The Morgan fingerprint density at radius 2 is 1.73 bits per heavy atom. The highest BCUT2D eigenvalue weighted by Crippen LogP contribution is 2.22. The fraction of sp³-hybridized carbons (Fsp3) is 0.105. The first-order chi connectivity index (χ1) is 12.5. The highest BCUT2D eigenvalue weighted by Gasteiger charge is 2.15. The summed E-state index contributed by atoms with van der Waals surface area (Å²) in [5.74, 6) is -0.195. The monoisotopic (exact) mass is 386 g/mol. The van der Waals surface area contributed by atoms with Crippen molar-refractivity contribution in [1.29, 1.82) is 0 Å². The molecule has 2 aromatic carbocycles. The van der Waals surface area contributed by atoms with Gasteiger partial charge in [0.15, 0.2) is 0 Å². The number of amides is 1. The third-order valence-corrected chi connectivity index (χ3v) is 6.11. The van der Waals surface area contributed by atoms with Crippen LogP contribution in [0.2, 0.25) is 0 Å². The third-order valence-electron chi connectivity index (χ3n) is 3.76. The molecule has 0 atom stereocenters. The van der Waals surface area contributed by atoms with Gasteiger partial charge in [-0.2, -0.15) is 0 Å². The number of carbonyl (C=O) groups is 1. The fourth-order valence-electron chi connectivity index (χ4n) is 2.48. The normalized spacial score (nSPS) is 11.1. The maximum absolute atomic E-state index is 12.4. The van der Waals surface area contributed by atoms with Gasteiger partial charge < -0.3 is 5.32 Å². The summed E-state index contributed by atoms with van der Waals surface area (Å²) in [4.78, 5) is 13.3. The molecule has 0 spiro atoms. The van der Waals surface area contributed by atoms with E-state index in [1.54, 1.807) is 42.5 Å². The number of nitrogens with one attached hydrogen (secondary N) is 2. The highest BCUT2D eigenvalue weighted by molar-refractivity contribution is 7.92. The number of thiophene rings is 1. The van der Waals surface area contributed by atoms with Gasteiger partial charge in [0.1, 0.15) is 0 Å². The van der Waals surface area contributed by atoms with Crippen molar-refractivity contribution in [2.24, 2.45) is 0 Å². The Kier molecular flexibility index (Phi) is 5.39. The molecule has 134 valence electrons. The standard InChI is InChI=1S/C19H18N2O3S2/c1-2-14-11-12-25-18(14)19(22)20-15-7-6-8-16(13-15)21-26(23,24)17-9-4-3-5-10-17/h3-13,21H,2H2,1H3,(H,20,22). The van der Waals surface area contributed by atoms with Crippen LogP contribution in [0.4, 0.5) is 11.4 Å². The zero-order chi connectivity index (χ0) is 18.6. The van der Waals surface area contributed by atoms with E-state index in [1.165, 1.54) is 23.5 Å². The number of hydrogen-bond acceptors (Lipinski definition) is 4. The van der Waals surface area contributed by atoms with Crippen LogP contribution in [0.25, 0.3) is 0 Å². The van der Waals surface area contributed by atoms with Gasteiger partial charge in [0.25, 0.3) is 15.9 Å². The molecule has 1 amide bonds. The molecule has 0 aliphatic carbocycles. The lowest BCUT2D eigenvalue weighted by Gasteiger charge is -2.10. The van der Waals surface area contributed by atoms with Gasteiger partial charge in [0, 0.05) is 5.69 Å². The average Bonchev–Trinajstić information content (AvgIpc) is 3.11. The van der Waals surface area contributed by atoms with E-state index in [1.807, 2.05) is 18.4 Å². The van der Waals surface area contributed by atoms with Crippen LogP contribution >= 0.6 is 11.3 Å². The van der Waals surface area contributed by atoms with E-state index in [0.29, 0.717) is 16.3 Å². The molecule has 7 heteroatoms. The molecule has 2 N–H and O–H groups in total. The van der Waals surface area contributed by atoms with Gasteiger partial charge in [-0.15, -0.1) is 11.3 Å². The van der Waals surface area contributed by atoms with E-state index in [4.69, 9.17) is 0 Å². The SMILES string of the molecule is CCc1ccsc1C(=O)Nc1cccc(NS(=O)(=O)c2ccccc2)c1. The topological polar surface area (TPSA) is 75.3 Å². The number of hydrogen-bond donors (Lipinski definition) is 2. The second kappa shape index (κ2) is 7.72. The molecule has 0 saturated heterocycles. The Balaban J connectivity index is 1.77. The van der Waals surface area contributed by atoms with Crippen molar-refractivity contribution in [3.63, 3.8) is 0 Å². The van der Waals surface area contributed by atoms with Crippen molar-refractivity contribution in [2.75, 3.05) is 10.0 Å². The smallest absolute Gasteiger partial charge is 0.266 e. The summed E-state index contributed by atoms with van der Waals surface area (Å²) in [6.07, 6.45) is 0.781. The number of carbonyl (C=O) groups excluding carboxylic acids is 1. The molecule has 0 bridgehead atoms. The number of anilines is 2. The largest absolute Gasteiger partial charge is 0.321 e. The quantitative estimate of drug-likeness (QED) is 0.661. The molecule has 1 heterocycles. The van der Waals surface area contributed by atoms with Gasteiger partial charge in [0.05, 0.1) is 15.5 Å². The Morgan fingerprint density at radius 1 is 1.00 bits per heavy atom. The molecular weight excluding hydrogens is 368 g/mol. The van der Waals surface area contributed by atoms with Crippen LogP contribution in [0.1, 0.15) is 22.2 Å². The minimum absolute atomic E-state index is 0.181. The van der Waals surface area contributed by atoms with Crippen molar-refractivity contribution < 1.29 is 13.2 Å². The van der Waals surface area contributed by atoms with E-state index in [-0.39, 0.29) is 10.8 Å². The minimum Gasteiger partial charge on any atom is -0.321 e. The Labute approximate surface area is 156 Å². The van der Waals surface area contributed by atoms with Crippen LogP contribution in [0.3, 0.4) is 0 Å². The average molecular weight is 386 g/mol. The number of sulfonamides is 1. The maximum Gasteiger partial charge on any atom is 0.266 e. The third kappa shape index (κ3) is 4.12. The molecule has 26 heavy (non-hydrogen) atoms. The summed E-state index contributed by atoms with van der Waals surface area (Å²) in [5.41, 5.74) is 1.90. The van der Waals surface area contributed by atoms with Crippen LogP contribution in [0.5, 0.6) is 0 Å². The maximum atomic E-state index is 12.4. The van der Waals surface area contributed by atoms with E-state index >= 15 is 0 Å². The van der Waals surface area contributed by atoms with Crippen molar-refractivity contribution in [2.45, 2.75) is 18.2 Å². The summed E-state index contributed by atoms with van der Waals surface area (Å²) in [6, 6.07) is 16.7. The molecule has 5 nitrogen and oxygen atoms in total. The Morgan fingerprint density at radius 3 is 2.46 bits per heavy atom. The number of aryl methyl sites for hydroxylation is 1. The Bertz CT molecular complexity index is 1010. The molecule has 0 unspecified atom stereocenters. The van der Waals surface area contributed by atoms with Crippen LogP contribution in [-0.2, 0) is 16.4 Å². The lowest BCUT2D eigenvalue weighted by molar-refractivity contribution is 0.103. The van der Waals surface area contributed by atoms with Gasteiger partial charge in [-0.05, 0) is 53.8 Å². The van der Waals surface area contributed by atoms with Crippen molar-refractivity contribution in [3.8, 4) is 0 Å². The van der Waals surface area contributed by atoms with Gasteiger partial charge in [-0.1, -0.05) is 31.2 Å². The fourth-order valence-corrected chi connectivity index (χ4v) is 4.44. The summed E-state index contributed by atoms with van der Waals surface area (Å²) in [7, 11) is -3.67. The van der Waals surface area contributed by atoms with E-state index in [9.17, 15) is 13.2 Å². The number of benzene rings is 2. The van der Waals surface area contributed by atoms with Gasteiger partial charge in [-0.3, -0.25) is 9.52 Å². The molecule has 0 saturated carbocycles. The predicted octanol–water partition coefficient (Wildman–Crippen LogP) is 4.36. The van der Waals surface area contributed by atoms with Crippen LogP contribution in [0.15, 0.2) is 70.9 Å². The van der Waals surface area contributed by atoms with Gasteiger partial charge in [0.2, 0.25) is 0 Å². The molecular formula is C19H18N2O3S2. The van der Waals surface area contributed by atoms with Crippen molar-refractivity contribution >= 4 is 38.6 Å². The minimum atomic E-state index is -3.67. The summed E-state index contributed by atoms with van der Waals surface area (Å²) in [6.45, 7) is 2.00. The highest BCUT2D eigenvalue weighted by atomic mass is 32.2. The van der Waals surface area contributed by atoms with Crippen LogP contribution in [-0.4, -0.2) is 14.3 Å². The first kappa shape index (κ1) is 18.2. The second-order valence-electron chi connectivity index (χ2n) is 5.58. The second-order valence-corrected chi connectivity index (χ2v) is 8.18. The number of rotatable bonds is 6. The lowest BCUT2D eigenvalue weighted by Crippen LogP contribution is -2.14. The van der Waals surface area contributed by atoms with Crippen molar-refractivity contribution in [3.05, 3.63) is 76.5 Å². The Hall–Kier alpha value is -2.64. The molecule has 0 radical (unpaired) electrons. The first-order valence-electron chi connectivity index (χ1n) is 8.05. The summed E-state index contributed by atoms with van der Waals surface area (Å²) >= 11 is 1.39. The molecule has 0 aliphatic rings. The van der Waals surface area contributed by atoms with E-state index < -0.39 is 10.0 Å². The summed E-state index contributed by atoms with van der Waals surface area (Å²) < 4.78 is 27.3. The van der Waals surface area contributed by atoms with Crippen molar-refractivity contribution in [1.82, 2.24) is 0 Å². The van der Waals surface area contributed by atoms with Crippen LogP contribution in [0, 0.1) is 0 Å². The first-order valence-corrected chi connectivity index (χ1v) is 10.4. The molecule has 3 aromatic rings. The zero-order valence-electron chi connectivity index (χ0n) is 14.1. The zero-order valence-corrected chi connectivity index (χ0v) is 15.7. The van der Waals surface area contributed by atoms with Gasteiger partial charge in [-0.25, -0.2) is 8.42 Å². The van der Waals surface area contributed by atoms with Crippen LogP contribution < -0.4 is 10.0 Å². The van der Waals surface area contributed by atoms with Gasteiger partial charge >= 0.3 is 0 Å². The molecule has 0 aliphatic heterocycles. The molecule has 0 fully saturated rings.